The first-order chi connectivity index (χ1) is 7.99. The van der Waals surface area contributed by atoms with Gasteiger partial charge in [0.05, 0.1) is 0 Å². The van der Waals surface area contributed by atoms with Crippen molar-refractivity contribution < 1.29 is 4.79 Å². The van der Waals surface area contributed by atoms with Gasteiger partial charge in [0, 0.05) is 19.5 Å². The highest BCUT2D eigenvalue weighted by molar-refractivity contribution is 5.81. The Bertz CT molecular complexity index is 439. The first-order valence-corrected chi connectivity index (χ1v) is 6.30. The van der Waals surface area contributed by atoms with E-state index in [1.165, 1.54) is 16.7 Å². The van der Waals surface area contributed by atoms with Crippen LogP contribution < -0.4 is 0 Å². The molecular weight excluding hydrogens is 210 g/mol. The number of amides is 1. The van der Waals surface area contributed by atoms with Gasteiger partial charge in [0.15, 0.2) is 0 Å². The zero-order chi connectivity index (χ0) is 12.6. The molecule has 1 aromatic carbocycles. The van der Waals surface area contributed by atoms with Gasteiger partial charge in [-0.05, 0) is 37.3 Å². The molecule has 0 heterocycles. The standard InChI is InChI=1S/C15H21NO/c1-10-5-6-13(11(2)7-10)9-16(4)15(17)14-8-12(14)3/h5-7,12,14H,8-9H2,1-4H3. The maximum Gasteiger partial charge on any atom is 0.226 e. The third kappa shape index (κ3) is 2.68. The molecule has 1 amide bonds. The van der Waals surface area contributed by atoms with E-state index in [0.29, 0.717) is 11.8 Å². The Morgan fingerprint density at radius 1 is 1.41 bits per heavy atom. The normalized spacial score (nSPS) is 22.4. The van der Waals surface area contributed by atoms with Gasteiger partial charge in [0.2, 0.25) is 5.91 Å². The van der Waals surface area contributed by atoms with Crippen LogP contribution in [0, 0.1) is 25.7 Å². The second-order valence-corrected chi connectivity index (χ2v) is 5.44. The molecule has 17 heavy (non-hydrogen) atoms. The zero-order valence-corrected chi connectivity index (χ0v) is 11.2. The van der Waals surface area contributed by atoms with E-state index in [2.05, 4.69) is 39.0 Å². The monoisotopic (exact) mass is 231 g/mol. The molecule has 1 fully saturated rings. The first-order valence-electron chi connectivity index (χ1n) is 6.30. The number of nitrogens with zero attached hydrogens (tertiary/aromatic N) is 1. The molecular formula is C15H21NO. The molecule has 0 bridgehead atoms. The summed E-state index contributed by atoms with van der Waals surface area (Å²) in [6, 6.07) is 6.42. The Kier molecular flexibility index (Phi) is 3.23. The van der Waals surface area contributed by atoms with Gasteiger partial charge in [-0.2, -0.15) is 0 Å². The molecule has 0 N–H and O–H groups in total. The molecule has 2 unspecified atom stereocenters. The number of aryl methyl sites for hydroxylation is 2. The summed E-state index contributed by atoms with van der Waals surface area (Å²) in [7, 11) is 1.91. The number of benzene rings is 1. The predicted octanol–water partition coefficient (Wildman–Crippen LogP) is 2.92. The summed E-state index contributed by atoms with van der Waals surface area (Å²) in [4.78, 5) is 13.9. The first kappa shape index (κ1) is 12.2. The van der Waals surface area contributed by atoms with Gasteiger partial charge in [-0.15, -0.1) is 0 Å². The highest BCUT2D eigenvalue weighted by atomic mass is 16.2. The molecule has 1 aromatic rings. The van der Waals surface area contributed by atoms with Crippen molar-refractivity contribution in [3.8, 4) is 0 Å². The average molecular weight is 231 g/mol. The number of hydrogen-bond acceptors (Lipinski definition) is 1. The van der Waals surface area contributed by atoms with Crippen molar-refractivity contribution >= 4 is 5.91 Å². The van der Waals surface area contributed by atoms with Crippen LogP contribution in [-0.2, 0) is 11.3 Å². The second-order valence-electron chi connectivity index (χ2n) is 5.44. The van der Waals surface area contributed by atoms with E-state index in [1.807, 2.05) is 11.9 Å². The van der Waals surface area contributed by atoms with Gasteiger partial charge < -0.3 is 4.90 Å². The Labute approximate surface area is 104 Å². The third-order valence-corrected chi connectivity index (χ3v) is 3.71. The lowest BCUT2D eigenvalue weighted by molar-refractivity contribution is -0.132. The maximum atomic E-state index is 12.0. The van der Waals surface area contributed by atoms with E-state index < -0.39 is 0 Å². The van der Waals surface area contributed by atoms with Gasteiger partial charge in [-0.1, -0.05) is 30.7 Å². The zero-order valence-electron chi connectivity index (χ0n) is 11.2. The molecule has 2 atom stereocenters. The molecule has 2 rings (SSSR count). The van der Waals surface area contributed by atoms with E-state index in [-0.39, 0.29) is 5.92 Å². The van der Waals surface area contributed by atoms with Gasteiger partial charge in [0.1, 0.15) is 0 Å². The van der Waals surface area contributed by atoms with Crippen LogP contribution in [0.1, 0.15) is 30.0 Å². The van der Waals surface area contributed by atoms with E-state index >= 15 is 0 Å². The SMILES string of the molecule is Cc1ccc(CN(C)C(=O)C2CC2C)c(C)c1. The third-order valence-electron chi connectivity index (χ3n) is 3.71. The Hall–Kier alpha value is -1.31. The molecule has 1 aliphatic rings. The number of carbonyl (C=O) groups excluding carboxylic acids is 1. The predicted molar refractivity (Wildman–Crippen MR) is 69.7 cm³/mol. The van der Waals surface area contributed by atoms with Crippen LogP contribution >= 0.6 is 0 Å². The summed E-state index contributed by atoms with van der Waals surface area (Å²) < 4.78 is 0. The summed E-state index contributed by atoms with van der Waals surface area (Å²) >= 11 is 0. The lowest BCUT2D eigenvalue weighted by Crippen LogP contribution is -2.28. The number of rotatable bonds is 3. The fraction of sp³-hybridized carbons (Fsp3) is 0.533. The van der Waals surface area contributed by atoms with Gasteiger partial charge in [-0.25, -0.2) is 0 Å². The maximum absolute atomic E-state index is 12.0. The van der Waals surface area contributed by atoms with Crippen molar-refractivity contribution in [2.24, 2.45) is 11.8 Å². The second kappa shape index (κ2) is 4.52. The minimum atomic E-state index is 0.283. The average Bonchev–Trinajstić information content (AvgIpc) is 2.98. The van der Waals surface area contributed by atoms with Crippen LogP contribution in [-0.4, -0.2) is 17.9 Å². The minimum Gasteiger partial charge on any atom is -0.341 e. The van der Waals surface area contributed by atoms with Crippen LogP contribution in [0.15, 0.2) is 18.2 Å². The largest absolute Gasteiger partial charge is 0.341 e. The fourth-order valence-corrected chi connectivity index (χ4v) is 2.31. The molecule has 0 aromatic heterocycles. The highest BCUT2D eigenvalue weighted by Crippen LogP contribution is 2.39. The van der Waals surface area contributed by atoms with Gasteiger partial charge in [-0.3, -0.25) is 4.79 Å². The van der Waals surface area contributed by atoms with Crippen LogP contribution in [0.4, 0.5) is 0 Å². The van der Waals surface area contributed by atoms with Crippen LogP contribution in [0.3, 0.4) is 0 Å². The lowest BCUT2D eigenvalue weighted by atomic mass is 10.1. The summed E-state index contributed by atoms with van der Waals surface area (Å²) in [5.41, 5.74) is 3.80. The van der Waals surface area contributed by atoms with E-state index in [4.69, 9.17) is 0 Å². The molecule has 0 radical (unpaired) electrons. The van der Waals surface area contributed by atoms with Crippen molar-refractivity contribution in [2.45, 2.75) is 33.7 Å². The molecule has 0 spiro atoms. The topological polar surface area (TPSA) is 20.3 Å². The quantitative estimate of drug-likeness (QED) is 0.783. The van der Waals surface area contributed by atoms with Crippen LogP contribution in [0.2, 0.25) is 0 Å². The summed E-state index contributed by atoms with van der Waals surface area (Å²) in [5.74, 6) is 1.17. The number of carbonyl (C=O) groups is 1. The van der Waals surface area contributed by atoms with Crippen molar-refractivity contribution in [1.29, 1.82) is 0 Å². The molecule has 1 aliphatic carbocycles. The van der Waals surface area contributed by atoms with Crippen molar-refractivity contribution in [3.05, 3.63) is 34.9 Å². The summed E-state index contributed by atoms with van der Waals surface area (Å²) in [5, 5.41) is 0. The summed E-state index contributed by atoms with van der Waals surface area (Å²) in [6.07, 6.45) is 1.07. The van der Waals surface area contributed by atoms with E-state index in [9.17, 15) is 4.79 Å². The van der Waals surface area contributed by atoms with Crippen molar-refractivity contribution in [2.75, 3.05) is 7.05 Å². The van der Waals surface area contributed by atoms with Crippen LogP contribution in [0.25, 0.3) is 0 Å². The molecule has 2 heteroatoms. The Balaban J connectivity index is 2.02. The van der Waals surface area contributed by atoms with Crippen molar-refractivity contribution in [1.82, 2.24) is 4.90 Å². The number of hydrogen-bond donors (Lipinski definition) is 0. The van der Waals surface area contributed by atoms with Gasteiger partial charge in [0.25, 0.3) is 0 Å². The summed E-state index contributed by atoms with van der Waals surface area (Å²) in [6.45, 7) is 7.08. The Morgan fingerprint density at radius 3 is 2.59 bits per heavy atom. The lowest BCUT2D eigenvalue weighted by Gasteiger charge is -2.18. The van der Waals surface area contributed by atoms with Gasteiger partial charge >= 0.3 is 0 Å². The van der Waals surface area contributed by atoms with E-state index in [1.54, 1.807) is 0 Å². The molecule has 92 valence electrons. The van der Waals surface area contributed by atoms with Crippen LogP contribution in [0.5, 0.6) is 0 Å². The van der Waals surface area contributed by atoms with E-state index in [0.717, 1.165) is 13.0 Å². The molecule has 1 saturated carbocycles. The fourth-order valence-electron chi connectivity index (χ4n) is 2.31. The highest BCUT2D eigenvalue weighted by Gasteiger charge is 2.40. The molecule has 2 nitrogen and oxygen atoms in total. The minimum absolute atomic E-state index is 0.283. The Morgan fingerprint density at radius 2 is 2.06 bits per heavy atom. The smallest absolute Gasteiger partial charge is 0.226 e. The molecule has 0 aliphatic heterocycles. The van der Waals surface area contributed by atoms with Crippen molar-refractivity contribution in [3.63, 3.8) is 0 Å². The molecule has 0 saturated heterocycles.